The molecule has 0 atom stereocenters. The zero-order valence-electron chi connectivity index (χ0n) is 11.8. The molecule has 0 aliphatic carbocycles. The molecule has 0 aliphatic heterocycles. The fourth-order valence-electron chi connectivity index (χ4n) is 2.63. The van der Waals surface area contributed by atoms with E-state index >= 15 is 0 Å². The average molecular weight is 522 g/mol. The Morgan fingerprint density at radius 1 is 0.600 bits per heavy atom. The molecule has 4 heterocycles. The molecule has 102 valence electrons. The van der Waals surface area contributed by atoms with E-state index in [4.69, 9.17) is 0 Å². The van der Waals surface area contributed by atoms with E-state index < -0.39 is 0 Å². The van der Waals surface area contributed by atoms with Crippen LogP contribution in [0, 0.1) is 27.7 Å². The van der Waals surface area contributed by atoms with Gasteiger partial charge < -0.3 is 0 Å². The van der Waals surface area contributed by atoms with Crippen LogP contribution in [0.3, 0.4) is 0 Å². The average Bonchev–Trinajstić information content (AvgIpc) is 3.11. The molecule has 0 aliphatic rings. The molecular formula is C16H14Se4. The first-order chi connectivity index (χ1) is 9.58. The molecule has 4 aromatic rings. The van der Waals surface area contributed by atoms with Crippen molar-refractivity contribution in [3.8, 4) is 8.87 Å². The van der Waals surface area contributed by atoms with E-state index in [1.54, 1.807) is 48.2 Å². The van der Waals surface area contributed by atoms with Crippen LogP contribution in [0.4, 0.5) is 0 Å². The number of hydrogen-bond acceptors (Lipinski definition) is 0. The number of fused-ring (bicyclic) bond motifs is 2. The minimum atomic E-state index is 0.584. The van der Waals surface area contributed by atoms with Crippen molar-refractivity contribution < 1.29 is 0 Å². The SMILES string of the molecule is Cc1c[se]c2c(C)c(-c3[se]c4c(C)c[se]c4c3C)[se]c12. The zero-order chi connectivity index (χ0) is 14.0. The van der Waals surface area contributed by atoms with Crippen molar-refractivity contribution in [2.75, 3.05) is 0 Å². The molecule has 0 unspecified atom stereocenters. The molecule has 0 spiro atoms. The van der Waals surface area contributed by atoms with Crippen molar-refractivity contribution in [3.63, 3.8) is 0 Å². The summed E-state index contributed by atoms with van der Waals surface area (Å²) in [7, 11) is 0. The van der Waals surface area contributed by atoms with Gasteiger partial charge in [0.1, 0.15) is 0 Å². The molecule has 0 saturated carbocycles. The van der Waals surface area contributed by atoms with E-state index in [1.165, 1.54) is 0 Å². The molecule has 0 N–H and O–H groups in total. The fourth-order valence-corrected chi connectivity index (χ4v) is 15.9. The van der Waals surface area contributed by atoms with Crippen LogP contribution >= 0.6 is 0 Å². The summed E-state index contributed by atoms with van der Waals surface area (Å²) in [6.07, 6.45) is 0. The number of aryl methyl sites for hydroxylation is 4. The second kappa shape index (κ2) is 5.02. The summed E-state index contributed by atoms with van der Waals surface area (Å²) < 4.78 is 10.4. The van der Waals surface area contributed by atoms with Gasteiger partial charge in [0.05, 0.1) is 0 Å². The summed E-state index contributed by atoms with van der Waals surface area (Å²) in [5.41, 5.74) is 6.47. The molecule has 0 saturated heterocycles. The van der Waals surface area contributed by atoms with Gasteiger partial charge in [-0.1, -0.05) is 0 Å². The van der Waals surface area contributed by atoms with Crippen LogP contribution in [-0.4, -0.2) is 58.0 Å². The van der Waals surface area contributed by atoms with Gasteiger partial charge in [0.15, 0.2) is 0 Å². The first-order valence-corrected chi connectivity index (χ1v) is 13.6. The van der Waals surface area contributed by atoms with Gasteiger partial charge >= 0.3 is 144 Å². The summed E-state index contributed by atoms with van der Waals surface area (Å²) in [5, 5.41) is 0. The van der Waals surface area contributed by atoms with E-state index in [1.807, 2.05) is 0 Å². The van der Waals surface area contributed by atoms with Crippen LogP contribution in [0.5, 0.6) is 0 Å². The van der Waals surface area contributed by atoms with E-state index in [0.29, 0.717) is 58.0 Å². The van der Waals surface area contributed by atoms with Crippen molar-refractivity contribution in [2.45, 2.75) is 27.7 Å². The third kappa shape index (κ3) is 1.91. The topological polar surface area (TPSA) is 0 Å². The molecule has 4 heteroatoms. The van der Waals surface area contributed by atoms with Gasteiger partial charge in [-0.3, -0.25) is 0 Å². The predicted octanol–water partition coefficient (Wildman–Crippen LogP) is 3.12. The number of hydrogen-bond donors (Lipinski definition) is 0. The van der Waals surface area contributed by atoms with Crippen molar-refractivity contribution in [1.29, 1.82) is 0 Å². The number of rotatable bonds is 1. The Balaban J connectivity index is 2.05. The Bertz CT molecular complexity index is 864. The summed E-state index contributed by atoms with van der Waals surface area (Å²) in [6, 6.07) is 0. The van der Waals surface area contributed by atoms with Gasteiger partial charge in [0.25, 0.3) is 0 Å². The Labute approximate surface area is 142 Å². The summed E-state index contributed by atoms with van der Waals surface area (Å²) in [6.45, 7) is 9.41. The van der Waals surface area contributed by atoms with Gasteiger partial charge in [0, 0.05) is 0 Å². The molecule has 0 nitrogen and oxygen atoms in total. The quantitative estimate of drug-likeness (QED) is 0.338. The van der Waals surface area contributed by atoms with E-state index in [2.05, 4.69) is 37.6 Å². The molecule has 0 aromatic carbocycles. The van der Waals surface area contributed by atoms with Gasteiger partial charge in [-0.05, 0) is 0 Å². The Morgan fingerprint density at radius 2 is 1.00 bits per heavy atom. The molecule has 0 amide bonds. The van der Waals surface area contributed by atoms with Crippen LogP contribution in [0.15, 0.2) is 9.88 Å². The molecule has 0 fully saturated rings. The van der Waals surface area contributed by atoms with Crippen LogP contribution in [-0.2, 0) is 0 Å². The maximum atomic E-state index is 2.48. The Hall–Kier alpha value is 0.518. The predicted molar refractivity (Wildman–Crippen MR) is 93.6 cm³/mol. The zero-order valence-corrected chi connectivity index (χ0v) is 18.6. The van der Waals surface area contributed by atoms with Gasteiger partial charge in [0.2, 0.25) is 0 Å². The Kier molecular flexibility index (Phi) is 3.55. The third-order valence-electron chi connectivity index (χ3n) is 3.81. The molecule has 4 aromatic heterocycles. The van der Waals surface area contributed by atoms with E-state index in [9.17, 15) is 0 Å². The first kappa shape index (κ1) is 14.1. The monoisotopic (exact) mass is 526 g/mol. The molecule has 20 heavy (non-hydrogen) atoms. The van der Waals surface area contributed by atoms with Gasteiger partial charge in [-0.15, -0.1) is 0 Å². The van der Waals surface area contributed by atoms with Crippen LogP contribution < -0.4 is 0 Å². The van der Waals surface area contributed by atoms with E-state index in [-0.39, 0.29) is 0 Å². The minimum absolute atomic E-state index is 0.584. The van der Waals surface area contributed by atoms with Crippen molar-refractivity contribution >= 4 is 75.1 Å². The van der Waals surface area contributed by atoms with Crippen LogP contribution in [0.1, 0.15) is 22.3 Å². The van der Waals surface area contributed by atoms with Crippen LogP contribution in [0.2, 0.25) is 0 Å². The van der Waals surface area contributed by atoms with Gasteiger partial charge in [-0.2, -0.15) is 0 Å². The van der Waals surface area contributed by atoms with Crippen molar-refractivity contribution in [1.82, 2.24) is 0 Å². The van der Waals surface area contributed by atoms with E-state index in [0.717, 1.165) is 0 Å². The third-order valence-corrected chi connectivity index (χ3v) is 16.9. The fraction of sp³-hybridized carbons (Fsp3) is 0.250. The van der Waals surface area contributed by atoms with Crippen molar-refractivity contribution in [3.05, 3.63) is 32.1 Å². The standard InChI is InChI=1S/C16H14Se4/c1-7-5-17-13-9(3)15(19-11(7)13)16-10(4)14-12(20-16)8(2)6-18-14/h5-6H,1-4H3. The molecular weight excluding hydrogens is 508 g/mol. The first-order valence-electron chi connectivity index (χ1n) is 6.52. The summed E-state index contributed by atoms with van der Waals surface area (Å²) in [4.78, 5) is 4.96. The maximum absolute atomic E-state index is 2.48. The second-order valence-electron chi connectivity index (χ2n) is 5.27. The second-order valence-corrected chi connectivity index (χ2v) is 13.2. The summed E-state index contributed by atoms with van der Waals surface area (Å²) >= 11 is 2.40. The van der Waals surface area contributed by atoms with Gasteiger partial charge in [-0.25, -0.2) is 0 Å². The van der Waals surface area contributed by atoms with Crippen molar-refractivity contribution in [2.24, 2.45) is 0 Å². The molecule has 4 rings (SSSR count). The van der Waals surface area contributed by atoms with Crippen LogP contribution in [0.25, 0.3) is 25.9 Å². The summed E-state index contributed by atoms with van der Waals surface area (Å²) in [5.74, 6) is 0. The Morgan fingerprint density at radius 3 is 1.35 bits per heavy atom. The molecule has 0 bridgehead atoms. The molecule has 0 radical (unpaired) electrons. The normalized spacial score (nSPS) is 12.0.